The molecule has 0 aliphatic carbocycles. The van der Waals surface area contributed by atoms with E-state index in [9.17, 15) is 4.79 Å². The van der Waals surface area contributed by atoms with Gasteiger partial charge in [-0.2, -0.15) is 4.98 Å². The van der Waals surface area contributed by atoms with Gasteiger partial charge in [0.05, 0.1) is 12.6 Å². The number of anilines is 2. The molecule has 7 heteroatoms. The van der Waals surface area contributed by atoms with Crippen molar-refractivity contribution in [1.29, 1.82) is 0 Å². The van der Waals surface area contributed by atoms with Crippen LogP contribution >= 0.6 is 0 Å². The molecule has 1 saturated heterocycles. The number of aromatic nitrogens is 2. The summed E-state index contributed by atoms with van der Waals surface area (Å²) in [7, 11) is 1.99. The van der Waals surface area contributed by atoms with Crippen LogP contribution in [-0.4, -0.2) is 48.7 Å². The van der Waals surface area contributed by atoms with Crippen LogP contribution in [0.1, 0.15) is 38.8 Å². The molecule has 2 atom stereocenters. The summed E-state index contributed by atoms with van der Waals surface area (Å²) in [4.78, 5) is 24.5. The number of carbonyl (C=O) groups is 1. The smallest absolute Gasteiger partial charge is 0.226 e. The minimum Gasteiger partial charge on any atom is -0.489 e. The van der Waals surface area contributed by atoms with Crippen LogP contribution in [0.25, 0.3) is 0 Å². The first-order valence-corrected chi connectivity index (χ1v) is 9.79. The number of hydrogen-bond donors (Lipinski definition) is 1. The Labute approximate surface area is 166 Å². The molecule has 1 aliphatic heterocycles. The van der Waals surface area contributed by atoms with E-state index in [4.69, 9.17) is 4.74 Å². The predicted octanol–water partition coefficient (Wildman–Crippen LogP) is 2.79. The Morgan fingerprint density at radius 1 is 1.36 bits per heavy atom. The van der Waals surface area contributed by atoms with Crippen LogP contribution in [0, 0.1) is 0 Å². The molecule has 1 aromatic heterocycles. The molecule has 2 heterocycles. The Kier molecular flexibility index (Phi) is 6.34. The van der Waals surface area contributed by atoms with Gasteiger partial charge < -0.3 is 19.9 Å². The summed E-state index contributed by atoms with van der Waals surface area (Å²) in [5, 5.41) is 2.89. The number of carbonyl (C=O) groups excluding carboxylic acids is 1. The minimum absolute atomic E-state index is 0.0123. The first-order chi connectivity index (χ1) is 13.5. The highest BCUT2D eigenvalue weighted by Crippen LogP contribution is 2.24. The van der Waals surface area contributed by atoms with Gasteiger partial charge in [-0.1, -0.05) is 12.1 Å². The monoisotopic (exact) mass is 383 g/mol. The fourth-order valence-electron chi connectivity index (χ4n) is 3.29. The molecule has 0 saturated carbocycles. The van der Waals surface area contributed by atoms with Crippen LogP contribution in [-0.2, 0) is 4.79 Å². The predicted molar refractivity (Wildman–Crippen MR) is 111 cm³/mol. The second-order valence-corrected chi connectivity index (χ2v) is 7.19. The van der Waals surface area contributed by atoms with E-state index in [1.807, 2.05) is 55.4 Å². The van der Waals surface area contributed by atoms with Crippen molar-refractivity contribution >= 4 is 17.7 Å². The number of amides is 1. The van der Waals surface area contributed by atoms with Crippen LogP contribution < -0.4 is 19.9 Å². The molecule has 0 spiro atoms. The molecule has 2 aromatic rings. The standard InChI is InChI=1S/C21H29N5O2/c1-5-25(4)21-22-12-10-20(24-21)26-13-11-19(14-26)28-18-8-6-17(7-9-18)15(2)23-16(3)27/h6-10,12,15,19H,5,11,13-14H2,1-4H3,(H,23,27)/t15-,19+/m0/s1. The van der Waals surface area contributed by atoms with E-state index in [0.29, 0.717) is 0 Å². The Bertz CT molecular complexity index is 796. The zero-order chi connectivity index (χ0) is 20.1. The van der Waals surface area contributed by atoms with Gasteiger partial charge in [-0.25, -0.2) is 4.98 Å². The lowest BCUT2D eigenvalue weighted by molar-refractivity contribution is -0.119. The summed E-state index contributed by atoms with van der Waals surface area (Å²) in [6.07, 6.45) is 2.89. The van der Waals surface area contributed by atoms with E-state index in [-0.39, 0.29) is 18.1 Å². The highest BCUT2D eigenvalue weighted by atomic mass is 16.5. The van der Waals surface area contributed by atoms with Gasteiger partial charge in [-0.3, -0.25) is 4.79 Å². The molecule has 1 amide bonds. The van der Waals surface area contributed by atoms with E-state index in [1.165, 1.54) is 6.92 Å². The Morgan fingerprint density at radius 3 is 2.79 bits per heavy atom. The third-order valence-corrected chi connectivity index (χ3v) is 5.02. The van der Waals surface area contributed by atoms with Crippen LogP contribution in [0.4, 0.5) is 11.8 Å². The van der Waals surface area contributed by atoms with E-state index < -0.39 is 0 Å². The molecule has 1 N–H and O–H groups in total. The SMILES string of the molecule is CCN(C)c1nccc(N2CC[C@@H](Oc3ccc([C@H](C)NC(C)=O)cc3)C2)n1. The van der Waals surface area contributed by atoms with E-state index in [2.05, 4.69) is 27.1 Å². The van der Waals surface area contributed by atoms with Crippen molar-refractivity contribution in [1.82, 2.24) is 15.3 Å². The summed E-state index contributed by atoms with van der Waals surface area (Å²) in [6.45, 7) is 8.16. The fourth-order valence-corrected chi connectivity index (χ4v) is 3.29. The summed E-state index contributed by atoms with van der Waals surface area (Å²) in [5.41, 5.74) is 1.06. The first-order valence-electron chi connectivity index (χ1n) is 9.79. The zero-order valence-corrected chi connectivity index (χ0v) is 17.1. The van der Waals surface area contributed by atoms with Crippen molar-refractivity contribution in [2.45, 2.75) is 39.3 Å². The second kappa shape index (κ2) is 8.91. The topological polar surface area (TPSA) is 70.6 Å². The number of nitrogens with zero attached hydrogens (tertiary/aromatic N) is 4. The van der Waals surface area contributed by atoms with Crippen molar-refractivity contribution in [3.8, 4) is 5.75 Å². The van der Waals surface area contributed by atoms with Crippen LogP contribution in [0.15, 0.2) is 36.5 Å². The Morgan fingerprint density at radius 2 is 2.11 bits per heavy atom. The molecule has 3 rings (SSSR count). The summed E-state index contributed by atoms with van der Waals surface area (Å²) in [6, 6.07) is 9.87. The minimum atomic E-state index is -0.0307. The number of hydrogen-bond acceptors (Lipinski definition) is 6. The fraction of sp³-hybridized carbons (Fsp3) is 0.476. The summed E-state index contributed by atoms with van der Waals surface area (Å²) < 4.78 is 6.16. The average Bonchev–Trinajstić information content (AvgIpc) is 3.16. The number of benzene rings is 1. The number of ether oxygens (including phenoxy) is 1. The quantitative estimate of drug-likeness (QED) is 0.793. The van der Waals surface area contributed by atoms with Gasteiger partial charge in [-0.05, 0) is 37.6 Å². The largest absolute Gasteiger partial charge is 0.489 e. The molecule has 1 aliphatic rings. The maximum atomic E-state index is 11.2. The molecule has 0 bridgehead atoms. The third-order valence-electron chi connectivity index (χ3n) is 5.02. The molecule has 0 radical (unpaired) electrons. The second-order valence-electron chi connectivity index (χ2n) is 7.19. The van der Waals surface area contributed by atoms with Crippen molar-refractivity contribution < 1.29 is 9.53 Å². The Hall–Kier alpha value is -2.83. The molecule has 1 fully saturated rings. The lowest BCUT2D eigenvalue weighted by atomic mass is 10.1. The van der Waals surface area contributed by atoms with Gasteiger partial charge in [0.2, 0.25) is 11.9 Å². The molecule has 150 valence electrons. The van der Waals surface area contributed by atoms with Crippen LogP contribution in [0.2, 0.25) is 0 Å². The lowest BCUT2D eigenvalue weighted by Crippen LogP contribution is -2.26. The molecule has 0 unspecified atom stereocenters. The molecule has 7 nitrogen and oxygen atoms in total. The Balaban J connectivity index is 1.58. The van der Waals surface area contributed by atoms with Crippen molar-refractivity contribution in [2.75, 3.05) is 36.5 Å². The van der Waals surface area contributed by atoms with Gasteiger partial charge in [0.25, 0.3) is 0 Å². The lowest BCUT2D eigenvalue weighted by Gasteiger charge is -2.20. The molecule has 1 aromatic carbocycles. The summed E-state index contributed by atoms with van der Waals surface area (Å²) in [5.74, 6) is 2.50. The van der Waals surface area contributed by atoms with Gasteiger partial charge >= 0.3 is 0 Å². The average molecular weight is 383 g/mol. The summed E-state index contributed by atoms with van der Waals surface area (Å²) >= 11 is 0. The van der Waals surface area contributed by atoms with E-state index in [1.54, 1.807) is 0 Å². The van der Waals surface area contributed by atoms with Crippen molar-refractivity contribution in [2.24, 2.45) is 0 Å². The van der Waals surface area contributed by atoms with Gasteiger partial charge in [0.15, 0.2) is 0 Å². The normalized spacial score (nSPS) is 17.3. The number of nitrogens with one attached hydrogen (secondary N) is 1. The zero-order valence-electron chi connectivity index (χ0n) is 17.1. The van der Waals surface area contributed by atoms with E-state index in [0.717, 1.165) is 49.1 Å². The van der Waals surface area contributed by atoms with E-state index >= 15 is 0 Å². The molecule has 28 heavy (non-hydrogen) atoms. The van der Waals surface area contributed by atoms with Gasteiger partial charge in [-0.15, -0.1) is 0 Å². The third kappa shape index (κ3) is 4.91. The van der Waals surface area contributed by atoms with Crippen molar-refractivity contribution in [3.05, 3.63) is 42.1 Å². The van der Waals surface area contributed by atoms with Crippen molar-refractivity contribution in [3.63, 3.8) is 0 Å². The van der Waals surface area contributed by atoms with Gasteiger partial charge in [0.1, 0.15) is 17.7 Å². The number of rotatable bonds is 7. The first kappa shape index (κ1) is 19.9. The van der Waals surface area contributed by atoms with Crippen LogP contribution in [0.3, 0.4) is 0 Å². The maximum Gasteiger partial charge on any atom is 0.226 e. The highest BCUT2D eigenvalue weighted by molar-refractivity contribution is 5.73. The maximum absolute atomic E-state index is 11.2. The molecular weight excluding hydrogens is 354 g/mol. The highest BCUT2D eigenvalue weighted by Gasteiger charge is 2.25. The molecular formula is C21H29N5O2. The van der Waals surface area contributed by atoms with Gasteiger partial charge in [0, 0.05) is 39.7 Å². The van der Waals surface area contributed by atoms with Crippen LogP contribution in [0.5, 0.6) is 5.75 Å².